The van der Waals surface area contributed by atoms with E-state index < -0.39 is 0 Å². The van der Waals surface area contributed by atoms with Crippen LogP contribution in [-0.4, -0.2) is 10.6 Å². The standard InChI is InChI=1S/C26H20N2/c1-2-10-18(11-3-1)28-24-17-9-6-14-21(24)25-19-12-4-7-15-22(19)27-23-16-8-5-13-20(23)26(25)28/h1-15,17,23,27H,16H2. The molecule has 3 aromatic carbocycles. The van der Waals surface area contributed by atoms with Crippen molar-refractivity contribution in [2.75, 3.05) is 5.32 Å². The smallest absolute Gasteiger partial charge is 0.0600 e. The Morgan fingerprint density at radius 1 is 0.821 bits per heavy atom. The van der Waals surface area contributed by atoms with Gasteiger partial charge in [-0.25, -0.2) is 0 Å². The Hall–Kier alpha value is -3.52. The fourth-order valence-electron chi connectivity index (χ4n) is 4.66. The number of hydrogen-bond donors (Lipinski definition) is 1. The molecule has 6 rings (SSSR count). The van der Waals surface area contributed by atoms with Gasteiger partial charge in [0.25, 0.3) is 0 Å². The maximum atomic E-state index is 3.80. The van der Waals surface area contributed by atoms with Crippen molar-refractivity contribution in [3.8, 4) is 16.8 Å². The Morgan fingerprint density at radius 3 is 2.54 bits per heavy atom. The summed E-state index contributed by atoms with van der Waals surface area (Å²) in [6.07, 6.45) is 7.73. The van der Waals surface area contributed by atoms with Gasteiger partial charge >= 0.3 is 0 Å². The first-order valence-electron chi connectivity index (χ1n) is 9.84. The SMILES string of the molecule is C1=CCC2Nc3ccccc3-c3c(n(-c4ccccc4)c4ccccc34)C2=C1. The van der Waals surface area contributed by atoms with Crippen LogP contribution < -0.4 is 5.32 Å². The van der Waals surface area contributed by atoms with Crippen LogP contribution in [0.4, 0.5) is 5.69 Å². The number of rotatable bonds is 1. The Morgan fingerprint density at radius 2 is 1.61 bits per heavy atom. The summed E-state index contributed by atoms with van der Waals surface area (Å²) in [6.45, 7) is 0. The molecule has 2 heteroatoms. The summed E-state index contributed by atoms with van der Waals surface area (Å²) in [4.78, 5) is 0. The van der Waals surface area contributed by atoms with Crippen LogP contribution in [0, 0.1) is 0 Å². The largest absolute Gasteiger partial charge is 0.377 e. The second-order valence-corrected chi connectivity index (χ2v) is 7.44. The number of fused-ring (bicyclic) bond motifs is 7. The van der Waals surface area contributed by atoms with E-state index in [0.717, 1.165) is 6.42 Å². The summed E-state index contributed by atoms with van der Waals surface area (Å²) in [5.74, 6) is 0. The molecular formula is C26H20N2. The lowest BCUT2D eigenvalue weighted by molar-refractivity contribution is 0.894. The van der Waals surface area contributed by atoms with E-state index in [2.05, 4.69) is 107 Å². The number of nitrogens with zero attached hydrogens (tertiary/aromatic N) is 1. The molecule has 2 heterocycles. The Labute approximate surface area is 164 Å². The van der Waals surface area contributed by atoms with Gasteiger partial charge in [0.1, 0.15) is 0 Å². The first kappa shape index (κ1) is 15.5. The molecule has 1 aromatic heterocycles. The number of aromatic nitrogens is 1. The van der Waals surface area contributed by atoms with Gasteiger partial charge in [-0.15, -0.1) is 0 Å². The highest BCUT2D eigenvalue weighted by Crippen LogP contribution is 2.47. The monoisotopic (exact) mass is 360 g/mol. The van der Waals surface area contributed by atoms with Crippen LogP contribution in [0.25, 0.3) is 33.3 Å². The molecule has 0 spiro atoms. The van der Waals surface area contributed by atoms with Gasteiger partial charge < -0.3 is 9.88 Å². The highest BCUT2D eigenvalue weighted by atomic mass is 15.0. The Bertz CT molecular complexity index is 1260. The second-order valence-electron chi connectivity index (χ2n) is 7.44. The zero-order valence-corrected chi connectivity index (χ0v) is 15.5. The third-order valence-corrected chi connectivity index (χ3v) is 5.85. The molecule has 4 aromatic rings. The van der Waals surface area contributed by atoms with Crippen molar-refractivity contribution in [3.63, 3.8) is 0 Å². The average molecular weight is 360 g/mol. The molecule has 1 aliphatic heterocycles. The topological polar surface area (TPSA) is 17.0 Å². The van der Waals surface area contributed by atoms with Crippen LogP contribution in [0.3, 0.4) is 0 Å². The molecule has 0 radical (unpaired) electrons. The van der Waals surface area contributed by atoms with E-state index in [1.54, 1.807) is 0 Å². The highest BCUT2D eigenvalue weighted by Gasteiger charge is 2.31. The molecule has 0 fully saturated rings. The van der Waals surface area contributed by atoms with Crippen LogP contribution in [0.5, 0.6) is 0 Å². The molecule has 2 nitrogen and oxygen atoms in total. The fourth-order valence-corrected chi connectivity index (χ4v) is 4.66. The van der Waals surface area contributed by atoms with Crippen molar-refractivity contribution >= 4 is 22.2 Å². The van der Waals surface area contributed by atoms with E-state index in [4.69, 9.17) is 0 Å². The van der Waals surface area contributed by atoms with Crippen molar-refractivity contribution in [2.45, 2.75) is 12.5 Å². The summed E-state index contributed by atoms with van der Waals surface area (Å²) in [6, 6.07) is 28.5. The number of nitrogens with one attached hydrogen (secondary N) is 1. The molecule has 0 saturated carbocycles. The molecule has 1 atom stereocenters. The van der Waals surface area contributed by atoms with E-state index in [1.165, 1.54) is 44.7 Å². The van der Waals surface area contributed by atoms with Crippen LogP contribution in [0.15, 0.2) is 97.1 Å². The summed E-state index contributed by atoms with van der Waals surface area (Å²) in [7, 11) is 0. The van der Waals surface area contributed by atoms with E-state index in [0.29, 0.717) is 0 Å². The van der Waals surface area contributed by atoms with Gasteiger partial charge in [0.05, 0.1) is 17.3 Å². The van der Waals surface area contributed by atoms with Crippen molar-refractivity contribution in [1.82, 2.24) is 4.57 Å². The number of allylic oxidation sites excluding steroid dienone is 2. The zero-order valence-electron chi connectivity index (χ0n) is 15.5. The van der Waals surface area contributed by atoms with E-state index in [1.807, 2.05) is 0 Å². The maximum absolute atomic E-state index is 3.80. The number of para-hydroxylation sites is 3. The molecule has 1 unspecified atom stereocenters. The van der Waals surface area contributed by atoms with E-state index >= 15 is 0 Å². The molecule has 2 aliphatic rings. The molecule has 134 valence electrons. The zero-order chi connectivity index (χ0) is 18.5. The molecule has 0 amide bonds. The van der Waals surface area contributed by atoms with Gasteiger partial charge in [0, 0.05) is 27.9 Å². The number of anilines is 1. The van der Waals surface area contributed by atoms with Gasteiger partial charge in [0.15, 0.2) is 0 Å². The molecule has 1 aliphatic carbocycles. The number of hydrogen-bond acceptors (Lipinski definition) is 1. The minimum Gasteiger partial charge on any atom is -0.377 e. The average Bonchev–Trinajstić information content (AvgIpc) is 3.02. The first-order valence-corrected chi connectivity index (χ1v) is 9.84. The molecule has 0 bridgehead atoms. The first-order chi connectivity index (χ1) is 13.9. The summed E-state index contributed by atoms with van der Waals surface area (Å²) >= 11 is 0. The quantitative estimate of drug-likeness (QED) is 0.413. The van der Waals surface area contributed by atoms with Gasteiger partial charge in [-0.3, -0.25) is 0 Å². The second kappa shape index (κ2) is 6.00. The lowest BCUT2D eigenvalue weighted by Crippen LogP contribution is -2.22. The van der Waals surface area contributed by atoms with Gasteiger partial charge in [-0.1, -0.05) is 72.8 Å². The molecule has 28 heavy (non-hydrogen) atoms. The summed E-state index contributed by atoms with van der Waals surface area (Å²) < 4.78 is 2.44. The highest BCUT2D eigenvalue weighted by molar-refractivity contribution is 6.08. The molecular weight excluding hydrogens is 340 g/mol. The van der Waals surface area contributed by atoms with Gasteiger partial charge in [-0.05, 0) is 36.3 Å². The minimum atomic E-state index is 0.277. The Kier molecular flexibility index (Phi) is 3.33. The fraction of sp³-hybridized carbons (Fsp3) is 0.0769. The summed E-state index contributed by atoms with van der Waals surface area (Å²) in [5, 5.41) is 5.10. The lowest BCUT2D eigenvalue weighted by Gasteiger charge is -2.23. The third kappa shape index (κ3) is 2.15. The summed E-state index contributed by atoms with van der Waals surface area (Å²) in [5.41, 5.74) is 8.93. The lowest BCUT2D eigenvalue weighted by atomic mass is 9.93. The predicted molar refractivity (Wildman–Crippen MR) is 118 cm³/mol. The molecule has 1 N–H and O–H groups in total. The van der Waals surface area contributed by atoms with Crippen molar-refractivity contribution < 1.29 is 0 Å². The maximum Gasteiger partial charge on any atom is 0.0600 e. The van der Waals surface area contributed by atoms with E-state index in [9.17, 15) is 0 Å². The minimum absolute atomic E-state index is 0.277. The van der Waals surface area contributed by atoms with Crippen molar-refractivity contribution in [1.29, 1.82) is 0 Å². The van der Waals surface area contributed by atoms with E-state index in [-0.39, 0.29) is 6.04 Å². The normalized spacial score (nSPS) is 17.1. The molecule has 0 saturated heterocycles. The third-order valence-electron chi connectivity index (χ3n) is 5.85. The number of benzene rings is 3. The van der Waals surface area contributed by atoms with Gasteiger partial charge in [0.2, 0.25) is 0 Å². The van der Waals surface area contributed by atoms with Gasteiger partial charge in [-0.2, -0.15) is 0 Å². The Balaban J connectivity index is 1.82. The predicted octanol–water partition coefficient (Wildman–Crippen LogP) is 6.43. The van der Waals surface area contributed by atoms with Crippen LogP contribution in [0.1, 0.15) is 12.1 Å². The van der Waals surface area contributed by atoms with Crippen molar-refractivity contribution in [2.24, 2.45) is 0 Å². The van der Waals surface area contributed by atoms with Crippen molar-refractivity contribution in [3.05, 3.63) is 103 Å². The van der Waals surface area contributed by atoms with Crippen LogP contribution >= 0.6 is 0 Å². The van der Waals surface area contributed by atoms with Crippen LogP contribution in [-0.2, 0) is 0 Å². The van der Waals surface area contributed by atoms with Crippen LogP contribution in [0.2, 0.25) is 0 Å².